The number of aromatic nitrogens is 4. The molecule has 0 saturated carbocycles. The van der Waals surface area contributed by atoms with Gasteiger partial charge >= 0.3 is 0 Å². The lowest BCUT2D eigenvalue weighted by molar-refractivity contribution is 0.191. The van der Waals surface area contributed by atoms with E-state index in [2.05, 4.69) is 25.5 Å². The molecule has 3 N–H and O–H groups in total. The topological polar surface area (TPSA) is 95.9 Å². The molecule has 7 heteroatoms. The highest BCUT2D eigenvalue weighted by Crippen LogP contribution is 2.25. The number of nitrogens with one attached hydrogen (secondary N) is 2. The van der Waals surface area contributed by atoms with Crippen LogP contribution in [-0.2, 0) is 17.8 Å². The summed E-state index contributed by atoms with van der Waals surface area (Å²) in [5.41, 5.74) is 0.640. The van der Waals surface area contributed by atoms with Gasteiger partial charge in [-0.25, -0.2) is 9.97 Å². The van der Waals surface area contributed by atoms with E-state index in [1.807, 2.05) is 19.1 Å². The molecule has 0 unspecified atom stereocenters. The number of aromatic amines is 1. The average molecular weight is 289 g/mol. The summed E-state index contributed by atoms with van der Waals surface area (Å²) in [4.78, 5) is 8.83. The molecular formula is C14H19N5O2. The second-order valence-electron chi connectivity index (χ2n) is 5.06. The van der Waals surface area contributed by atoms with E-state index < -0.39 is 0 Å². The monoisotopic (exact) mass is 289 g/mol. The SMILES string of the molecule is CCc1nc([C@@H]2COC[C@@H]2Nc2cccc(CO)n2)n[nH]1. The first-order valence-corrected chi connectivity index (χ1v) is 7.12. The minimum atomic E-state index is -0.0686. The van der Waals surface area contributed by atoms with Gasteiger partial charge in [0.1, 0.15) is 11.6 Å². The zero-order valence-corrected chi connectivity index (χ0v) is 11.9. The van der Waals surface area contributed by atoms with Gasteiger partial charge in [-0.2, -0.15) is 5.10 Å². The molecule has 1 aliphatic rings. The van der Waals surface area contributed by atoms with Gasteiger partial charge in [-0.15, -0.1) is 0 Å². The van der Waals surface area contributed by atoms with Crippen LogP contribution in [0.25, 0.3) is 0 Å². The van der Waals surface area contributed by atoms with Crippen molar-refractivity contribution in [2.24, 2.45) is 0 Å². The first-order valence-electron chi connectivity index (χ1n) is 7.12. The minimum absolute atomic E-state index is 0.0686. The Labute approximate surface area is 122 Å². The zero-order valence-electron chi connectivity index (χ0n) is 11.9. The fraction of sp³-hybridized carbons (Fsp3) is 0.500. The van der Waals surface area contributed by atoms with Crippen LogP contribution >= 0.6 is 0 Å². The van der Waals surface area contributed by atoms with E-state index in [-0.39, 0.29) is 18.6 Å². The summed E-state index contributed by atoms with van der Waals surface area (Å²) in [6, 6.07) is 5.61. The van der Waals surface area contributed by atoms with Crippen molar-refractivity contribution in [3.8, 4) is 0 Å². The third kappa shape index (κ3) is 3.03. The molecule has 1 saturated heterocycles. The van der Waals surface area contributed by atoms with Crippen LogP contribution < -0.4 is 5.32 Å². The van der Waals surface area contributed by atoms with E-state index in [1.165, 1.54) is 0 Å². The summed E-state index contributed by atoms with van der Waals surface area (Å²) >= 11 is 0. The van der Waals surface area contributed by atoms with Crippen molar-refractivity contribution in [1.82, 2.24) is 20.2 Å². The van der Waals surface area contributed by atoms with E-state index in [1.54, 1.807) is 6.07 Å². The molecule has 0 bridgehead atoms. The summed E-state index contributed by atoms with van der Waals surface area (Å²) in [6.07, 6.45) is 0.832. The van der Waals surface area contributed by atoms with Crippen LogP contribution in [0.5, 0.6) is 0 Å². The number of pyridine rings is 1. The number of anilines is 1. The van der Waals surface area contributed by atoms with E-state index in [0.29, 0.717) is 18.9 Å². The number of aliphatic hydroxyl groups excluding tert-OH is 1. The van der Waals surface area contributed by atoms with Crippen LogP contribution in [0.3, 0.4) is 0 Å². The van der Waals surface area contributed by atoms with Gasteiger partial charge < -0.3 is 15.2 Å². The third-order valence-corrected chi connectivity index (χ3v) is 3.60. The van der Waals surface area contributed by atoms with Crippen LogP contribution in [0.1, 0.15) is 30.2 Å². The highest BCUT2D eigenvalue weighted by atomic mass is 16.5. The Kier molecular flexibility index (Phi) is 4.12. The standard InChI is InChI=1S/C14H19N5O2/c1-2-12-17-14(19-18-12)10-7-21-8-11(10)16-13-5-3-4-9(6-20)15-13/h3-5,10-11,20H,2,6-8H2,1H3,(H,15,16)(H,17,18,19)/t10-,11+/m1/s1. The van der Waals surface area contributed by atoms with E-state index in [4.69, 9.17) is 9.84 Å². The van der Waals surface area contributed by atoms with Crippen LogP contribution in [-0.4, -0.2) is 44.5 Å². The highest BCUT2D eigenvalue weighted by Gasteiger charge is 2.32. The molecule has 3 rings (SSSR count). The predicted octanol–water partition coefficient (Wildman–Crippen LogP) is 0.849. The lowest BCUT2D eigenvalue weighted by atomic mass is 10.0. The highest BCUT2D eigenvalue weighted by molar-refractivity contribution is 5.38. The fourth-order valence-electron chi connectivity index (χ4n) is 2.42. The molecule has 112 valence electrons. The molecule has 1 fully saturated rings. The largest absolute Gasteiger partial charge is 0.390 e. The number of rotatable bonds is 5. The summed E-state index contributed by atoms with van der Waals surface area (Å²) in [6.45, 7) is 3.15. The zero-order chi connectivity index (χ0) is 14.7. The molecule has 2 aromatic rings. The van der Waals surface area contributed by atoms with Crippen molar-refractivity contribution in [3.05, 3.63) is 35.5 Å². The van der Waals surface area contributed by atoms with Crippen LogP contribution in [0.4, 0.5) is 5.82 Å². The molecule has 0 aliphatic carbocycles. The Morgan fingerprint density at radius 2 is 2.29 bits per heavy atom. The second kappa shape index (κ2) is 6.19. The van der Waals surface area contributed by atoms with Gasteiger partial charge in [-0.3, -0.25) is 5.10 Å². The molecule has 0 aromatic carbocycles. The summed E-state index contributed by atoms with van der Waals surface area (Å²) in [7, 11) is 0. The average Bonchev–Trinajstić information content (AvgIpc) is 3.16. The summed E-state index contributed by atoms with van der Waals surface area (Å²) in [5, 5.41) is 19.7. The normalized spacial score (nSPS) is 21.6. The van der Waals surface area contributed by atoms with E-state index in [9.17, 15) is 0 Å². The Morgan fingerprint density at radius 1 is 1.38 bits per heavy atom. The molecule has 3 heterocycles. The maximum atomic E-state index is 9.14. The van der Waals surface area contributed by atoms with Crippen molar-refractivity contribution >= 4 is 5.82 Å². The maximum Gasteiger partial charge on any atom is 0.158 e. The summed E-state index contributed by atoms with van der Waals surface area (Å²) < 4.78 is 5.56. The Balaban J connectivity index is 1.74. The van der Waals surface area contributed by atoms with Gasteiger partial charge in [0, 0.05) is 6.42 Å². The van der Waals surface area contributed by atoms with Gasteiger partial charge in [0.25, 0.3) is 0 Å². The van der Waals surface area contributed by atoms with Crippen molar-refractivity contribution in [1.29, 1.82) is 0 Å². The van der Waals surface area contributed by atoms with Crippen molar-refractivity contribution < 1.29 is 9.84 Å². The third-order valence-electron chi connectivity index (χ3n) is 3.60. The fourth-order valence-corrected chi connectivity index (χ4v) is 2.42. The number of hydrogen-bond donors (Lipinski definition) is 3. The Hall–Kier alpha value is -1.99. The number of aliphatic hydroxyl groups is 1. The van der Waals surface area contributed by atoms with Gasteiger partial charge in [0.05, 0.1) is 37.5 Å². The number of aryl methyl sites for hydroxylation is 1. The van der Waals surface area contributed by atoms with Gasteiger partial charge in [-0.1, -0.05) is 13.0 Å². The number of hydrogen-bond acceptors (Lipinski definition) is 6. The van der Waals surface area contributed by atoms with Crippen molar-refractivity contribution in [3.63, 3.8) is 0 Å². The molecule has 1 aliphatic heterocycles. The first-order chi connectivity index (χ1) is 10.3. The number of ether oxygens (including phenoxy) is 1. The molecule has 0 amide bonds. The molecule has 21 heavy (non-hydrogen) atoms. The molecule has 7 nitrogen and oxygen atoms in total. The molecule has 0 spiro atoms. The Bertz CT molecular complexity index is 601. The van der Waals surface area contributed by atoms with Crippen molar-refractivity contribution in [2.45, 2.75) is 31.9 Å². The van der Waals surface area contributed by atoms with Gasteiger partial charge in [0.15, 0.2) is 5.82 Å². The maximum absolute atomic E-state index is 9.14. The number of H-pyrrole nitrogens is 1. The van der Waals surface area contributed by atoms with E-state index >= 15 is 0 Å². The quantitative estimate of drug-likeness (QED) is 0.755. The van der Waals surface area contributed by atoms with E-state index in [0.717, 1.165) is 23.9 Å². The van der Waals surface area contributed by atoms with Crippen LogP contribution in [0.15, 0.2) is 18.2 Å². The Morgan fingerprint density at radius 3 is 3.05 bits per heavy atom. The van der Waals surface area contributed by atoms with Crippen molar-refractivity contribution in [2.75, 3.05) is 18.5 Å². The lowest BCUT2D eigenvalue weighted by Gasteiger charge is -2.17. The lowest BCUT2D eigenvalue weighted by Crippen LogP contribution is -2.27. The molecule has 2 aromatic heterocycles. The molecule has 0 radical (unpaired) electrons. The van der Waals surface area contributed by atoms with Crippen LogP contribution in [0.2, 0.25) is 0 Å². The molecule has 2 atom stereocenters. The second-order valence-corrected chi connectivity index (χ2v) is 5.06. The number of nitrogens with zero attached hydrogens (tertiary/aromatic N) is 3. The smallest absolute Gasteiger partial charge is 0.158 e. The minimum Gasteiger partial charge on any atom is -0.390 e. The summed E-state index contributed by atoms with van der Waals surface area (Å²) in [5.74, 6) is 2.49. The van der Waals surface area contributed by atoms with Gasteiger partial charge in [0.2, 0.25) is 0 Å². The van der Waals surface area contributed by atoms with Gasteiger partial charge in [-0.05, 0) is 12.1 Å². The molecular weight excluding hydrogens is 270 g/mol. The predicted molar refractivity (Wildman–Crippen MR) is 76.9 cm³/mol. The first kappa shape index (κ1) is 14.0. The van der Waals surface area contributed by atoms with Crippen LogP contribution in [0, 0.1) is 0 Å².